The first kappa shape index (κ1) is 24.0. The SMILES string of the molecule is Cc1ccc(F)c(N(Cc2ccccc2)C(=O)OCC2CC3CCC(C2)[N+]3(C)C)c1.[I-]. The zero-order valence-electron chi connectivity index (χ0n) is 18.6. The van der Waals surface area contributed by atoms with Gasteiger partial charge >= 0.3 is 6.09 Å². The van der Waals surface area contributed by atoms with Gasteiger partial charge in [0.25, 0.3) is 0 Å². The Labute approximate surface area is 202 Å². The molecule has 168 valence electrons. The van der Waals surface area contributed by atoms with Gasteiger partial charge in [-0.3, -0.25) is 4.90 Å². The van der Waals surface area contributed by atoms with Crippen LogP contribution in [0.1, 0.15) is 36.8 Å². The number of anilines is 1. The van der Waals surface area contributed by atoms with Gasteiger partial charge in [0.2, 0.25) is 0 Å². The summed E-state index contributed by atoms with van der Waals surface area (Å²) in [5.41, 5.74) is 2.11. The number of rotatable bonds is 5. The Morgan fingerprint density at radius 2 is 1.74 bits per heavy atom. The third-order valence-electron chi connectivity index (χ3n) is 7.17. The van der Waals surface area contributed by atoms with Gasteiger partial charge in [-0.1, -0.05) is 36.4 Å². The molecule has 1 amide bonds. The molecule has 31 heavy (non-hydrogen) atoms. The highest BCUT2D eigenvalue weighted by Gasteiger charge is 2.49. The molecule has 0 aromatic heterocycles. The Morgan fingerprint density at radius 1 is 1.10 bits per heavy atom. The molecule has 2 aromatic rings. The lowest BCUT2D eigenvalue weighted by atomic mass is 9.90. The number of carbonyl (C=O) groups excluding carboxylic acids is 1. The number of piperidine rings is 1. The lowest BCUT2D eigenvalue weighted by Crippen LogP contribution is -3.00. The lowest BCUT2D eigenvalue weighted by Gasteiger charge is -2.44. The Kier molecular flexibility index (Phi) is 7.63. The molecule has 4 rings (SSSR count). The smallest absolute Gasteiger partial charge is 0.414 e. The number of quaternary nitrogens is 1. The minimum atomic E-state index is -0.477. The molecule has 2 aliphatic heterocycles. The summed E-state index contributed by atoms with van der Waals surface area (Å²) in [5, 5.41) is 0. The van der Waals surface area contributed by atoms with Crippen LogP contribution in [0.3, 0.4) is 0 Å². The van der Waals surface area contributed by atoms with Crippen LogP contribution >= 0.6 is 0 Å². The van der Waals surface area contributed by atoms with Crippen molar-refractivity contribution in [2.75, 3.05) is 25.6 Å². The predicted molar refractivity (Wildman–Crippen MR) is 117 cm³/mol. The van der Waals surface area contributed by atoms with Crippen LogP contribution < -0.4 is 28.9 Å². The Bertz CT molecular complexity index is 890. The number of ether oxygens (including phenoxy) is 1. The van der Waals surface area contributed by atoms with Crippen molar-refractivity contribution < 1.29 is 42.4 Å². The summed E-state index contributed by atoms with van der Waals surface area (Å²) in [5.74, 6) is -0.0261. The number of benzene rings is 2. The molecule has 2 atom stereocenters. The molecule has 0 aliphatic carbocycles. The molecule has 0 radical (unpaired) electrons. The van der Waals surface area contributed by atoms with Gasteiger partial charge in [0, 0.05) is 31.6 Å². The standard InChI is InChI=1S/C25H32FN2O2.HI/c1-18-9-12-23(26)24(13-18)27(16-19-7-5-4-6-8-19)25(29)30-17-20-14-21-10-11-22(15-20)28(21,2)3;/h4-9,12-13,20-22H,10-11,14-17H2,1-3H3;1H/q+1;/p-1. The summed E-state index contributed by atoms with van der Waals surface area (Å²) >= 11 is 0. The number of nitrogens with zero attached hydrogens (tertiary/aromatic N) is 2. The van der Waals surface area contributed by atoms with Crippen molar-refractivity contribution in [2.45, 2.75) is 51.2 Å². The van der Waals surface area contributed by atoms with Crippen LogP contribution in [0.25, 0.3) is 0 Å². The van der Waals surface area contributed by atoms with Gasteiger partial charge in [0.05, 0.1) is 45.0 Å². The van der Waals surface area contributed by atoms with Crippen LogP contribution in [0.2, 0.25) is 0 Å². The fourth-order valence-corrected chi connectivity index (χ4v) is 5.24. The molecule has 0 saturated carbocycles. The van der Waals surface area contributed by atoms with Crippen molar-refractivity contribution in [1.29, 1.82) is 0 Å². The van der Waals surface area contributed by atoms with Gasteiger partial charge in [-0.05, 0) is 30.2 Å². The van der Waals surface area contributed by atoms with E-state index >= 15 is 0 Å². The zero-order chi connectivity index (χ0) is 21.3. The highest BCUT2D eigenvalue weighted by Crippen LogP contribution is 2.42. The first-order valence-electron chi connectivity index (χ1n) is 10.9. The molecular formula is C25H32FIN2O2. The molecule has 2 saturated heterocycles. The normalized spacial score (nSPS) is 23.7. The summed E-state index contributed by atoms with van der Waals surface area (Å²) in [6.07, 6.45) is 4.23. The van der Waals surface area contributed by atoms with E-state index in [0.717, 1.165) is 28.5 Å². The van der Waals surface area contributed by atoms with Gasteiger partial charge in [-0.15, -0.1) is 0 Å². The summed E-state index contributed by atoms with van der Waals surface area (Å²) in [4.78, 5) is 14.5. The maximum atomic E-state index is 14.6. The Balaban J connectivity index is 0.00000272. The maximum absolute atomic E-state index is 14.6. The van der Waals surface area contributed by atoms with Crippen molar-refractivity contribution in [2.24, 2.45) is 5.92 Å². The van der Waals surface area contributed by atoms with Crippen LogP contribution in [-0.4, -0.2) is 43.4 Å². The second-order valence-corrected chi connectivity index (χ2v) is 9.46. The lowest BCUT2D eigenvalue weighted by molar-refractivity contribution is -0.931. The van der Waals surface area contributed by atoms with Gasteiger partial charge in [0.15, 0.2) is 0 Å². The van der Waals surface area contributed by atoms with Crippen molar-refractivity contribution >= 4 is 11.8 Å². The van der Waals surface area contributed by atoms with Crippen LogP contribution in [0, 0.1) is 18.7 Å². The summed E-state index contributed by atoms with van der Waals surface area (Å²) in [6, 6.07) is 15.8. The second kappa shape index (κ2) is 9.86. The molecule has 2 aromatic carbocycles. The van der Waals surface area contributed by atoms with Crippen molar-refractivity contribution in [3.63, 3.8) is 0 Å². The van der Waals surface area contributed by atoms with E-state index in [-0.39, 0.29) is 36.2 Å². The first-order chi connectivity index (χ1) is 14.3. The molecule has 2 unspecified atom stereocenters. The molecule has 2 aliphatic rings. The quantitative estimate of drug-likeness (QED) is 0.432. The van der Waals surface area contributed by atoms with Crippen molar-refractivity contribution in [1.82, 2.24) is 0 Å². The molecule has 2 heterocycles. The summed E-state index contributed by atoms with van der Waals surface area (Å²) in [6.45, 7) is 2.58. The summed E-state index contributed by atoms with van der Waals surface area (Å²) in [7, 11) is 4.65. The van der Waals surface area contributed by atoms with Crippen LogP contribution in [0.5, 0.6) is 0 Å². The number of hydrogen-bond donors (Lipinski definition) is 0. The third kappa shape index (κ3) is 5.22. The number of carbonyl (C=O) groups is 1. The van der Waals surface area contributed by atoms with Crippen LogP contribution in [-0.2, 0) is 11.3 Å². The average Bonchev–Trinajstić information content (AvgIpc) is 2.89. The molecular weight excluding hydrogens is 506 g/mol. The van der Waals surface area contributed by atoms with E-state index in [1.165, 1.54) is 23.8 Å². The average molecular weight is 538 g/mol. The van der Waals surface area contributed by atoms with Crippen LogP contribution in [0.4, 0.5) is 14.9 Å². The first-order valence-corrected chi connectivity index (χ1v) is 10.9. The highest BCUT2D eigenvalue weighted by molar-refractivity contribution is 5.87. The number of fused-ring (bicyclic) bond motifs is 2. The summed E-state index contributed by atoms with van der Waals surface area (Å²) < 4.78 is 21.5. The van der Waals surface area contributed by atoms with E-state index in [1.54, 1.807) is 12.1 Å². The van der Waals surface area contributed by atoms with E-state index in [0.29, 0.717) is 24.6 Å². The minimum Gasteiger partial charge on any atom is -1.00 e. The van der Waals surface area contributed by atoms with E-state index in [2.05, 4.69) is 14.1 Å². The molecule has 0 N–H and O–H groups in total. The third-order valence-corrected chi connectivity index (χ3v) is 7.17. The Morgan fingerprint density at radius 3 is 2.39 bits per heavy atom. The second-order valence-electron chi connectivity index (χ2n) is 9.46. The van der Waals surface area contributed by atoms with Gasteiger partial charge in [-0.25, -0.2) is 9.18 Å². The van der Waals surface area contributed by atoms with Crippen LogP contribution in [0.15, 0.2) is 48.5 Å². The maximum Gasteiger partial charge on any atom is 0.414 e. The highest BCUT2D eigenvalue weighted by atomic mass is 127. The molecule has 4 nitrogen and oxygen atoms in total. The number of halogens is 2. The fourth-order valence-electron chi connectivity index (χ4n) is 5.24. The molecule has 2 fully saturated rings. The topological polar surface area (TPSA) is 29.5 Å². The number of amides is 1. The Hall–Kier alpha value is -1.67. The largest absolute Gasteiger partial charge is 1.00 e. The fraction of sp³-hybridized carbons (Fsp3) is 0.480. The minimum absolute atomic E-state index is 0. The van der Waals surface area contributed by atoms with Crippen molar-refractivity contribution in [3.8, 4) is 0 Å². The monoisotopic (exact) mass is 538 g/mol. The zero-order valence-corrected chi connectivity index (χ0v) is 20.7. The van der Waals surface area contributed by atoms with E-state index in [1.807, 2.05) is 37.3 Å². The van der Waals surface area contributed by atoms with Gasteiger partial charge < -0.3 is 33.2 Å². The van der Waals surface area contributed by atoms with E-state index < -0.39 is 11.9 Å². The number of aryl methyl sites for hydroxylation is 1. The predicted octanol–water partition coefficient (Wildman–Crippen LogP) is 2.30. The van der Waals surface area contributed by atoms with E-state index in [9.17, 15) is 9.18 Å². The number of hydrogen-bond acceptors (Lipinski definition) is 2. The molecule has 2 bridgehead atoms. The molecule has 0 spiro atoms. The van der Waals surface area contributed by atoms with Crippen molar-refractivity contribution in [3.05, 3.63) is 65.5 Å². The van der Waals surface area contributed by atoms with E-state index in [4.69, 9.17) is 4.74 Å². The molecule has 6 heteroatoms. The van der Waals surface area contributed by atoms with Gasteiger partial charge in [0.1, 0.15) is 5.82 Å². The van der Waals surface area contributed by atoms with Gasteiger partial charge in [-0.2, -0.15) is 0 Å².